The molecule has 2 heterocycles. The zero-order valence-corrected chi connectivity index (χ0v) is 12.8. The van der Waals surface area contributed by atoms with E-state index in [0.29, 0.717) is 6.04 Å². The molecule has 5 nitrogen and oxygen atoms in total. The average molecular weight is 286 g/mol. The summed E-state index contributed by atoms with van der Waals surface area (Å²) >= 11 is 0. The van der Waals surface area contributed by atoms with Crippen LogP contribution >= 0.6 is 0 Å². The lowest BCUT2D eigenvalue weighted by Gasteiger charge is -2.26. The summed E-state index contributed by atoms with van der Waals surface area (Å²) in [6, 6.07) is 8.53. The van der Waals surface area contributed by atoms with E-state index >= 15 is 0 Å². The normalized spacial score (nSPS) is 18.1. The molecule has 2 aromatic rings. The summed E-state index contributed by atoms with van der Waals surface area (Å²) in [5.74, 6) is 0.986. The van der Waals surface area contributed by atoms with Gasteiger partial charge in [-0.2, -0.15) is 0 Å². The highest BCUT2D eigenvalue weighted by Crippen LogP contribution is 2.31. The van der Waals surface area contributed by atoms with Crippen LogP contribution in [-0.2, 0) is 12.1 Å². The van der Waals surface area contributed by atoms with Crippen molar-refractivity contribution in [3.05, 3.63) is 41.7 Å². The second-order valence-electron chi connectivity index (χ2n) is 6.43. The predicted molar refractivity (Wildman–Crippen MR) is 81.2 cm³/mol. The number of fused-ring (bicyclic) bond motifs is 1. The first kappa shape index (κ1) is 14.1. The van der Waals surface area contributed by atoms with E-state index in [9.17, 15) is 0 Å². The molecule has 0 aliphatic carbocycles. The van der Waals surface area contributed by atoms with Gasteiger partial charge < -0.3 is 10.1 Å². The van der Waals surface area contributed by atoms with Gasteiger partial charge in [0.05, 0.1) is 24.0 Å². The van der Waals surface area contributed by atoms with Gasteiger partial charge in [-0.15, -0.1) is 5.10 Å². The first-order valence-corrected chi connectivity index (χ1v) is 7.41. The summed E-state index contributed by atoms with van der Waals surface area (Å²) in [5.41, 5.74) is 2.16. The van der Waals surface area contributed by atoms with E-state index in [4.69, 9.17) is 4.74 Å². The second-order valence-corrected chi connectivity index (χ2v) is 6.43. The number of hydrogen-bond donors (Lipinski definition) is 1. The molecule has 1 aromatic carbocycles. The fourth-order valence-corrected chi connectivity index (χ4v) is 2.49. The molecule has 0 radical (unpaired) electrons. The van der Waals surface area contributed by atoms with E-state index in [1.165, 1.54) is 5.56 Å². The Labute approximate surface area is 125 Å². The largest absolute Gasteiger partial charge is 0.493 e. The minimum Gasteiger partial charge on any atom is -0.493 e. The Morgan fingerprint density at radius 1 is 1.33 bits per heavy atom. The Morgan fingerprint density at radius 2 is 2.14 bits per heavy atom. The standard InChI is InChI=1S/C16H22N4O/c1-16(2,3)20-11-12(18-19-20)10-17-14-8-9-21-15-7-5-4-6-13(14)15/h4-7,11,14,17H,8-10H2,1-3H3. The van der Waals surface area contributed by atoms with Gasteiger partial charge >= 0.3 is 0 Å². The fourth-order valence-electron chi connectivity index (χ4n) is 2.49. The molecule has 21 heavy (non-hydrogen) atoms. The zero-order chi connectivity index (χ0) is 14.9. The molecule has 1 N–H and O–H groups in total. The molecule has 112 valence electrons. The maximum absolute atomic E-state index is 5.68. The monoisotopic (exact) mass is 286 g/mol. The summed E-state index contributed by atoms with van der Waals surface area (Å²) in [4.78, 5) is 0. The zero-order valence-electron chi connectivity index (χ0n) is 12.8. The summed E-state index contributed by atoms with van der Waals surface area (Å²) in [5, 5.41) is 12.0. The van der Waals surface area contributed by atoms with Crippen molar-refractivity contribution >= 4 is 0 Å². The van der Waals surface area contributed by atoms with Crippen molar-refractivity contribution in [1.82, 2.24) is 20.3 Å². The molecule has 1 aliphatic heterocycles. The molecular formula is C16H22N4O. The van der Waals surface area contributed by atoms with Gasteiger partial charge in [0.25, 0.3) is 0 Å². The molecule has 0 fully saturated rings. The first-order valence-electron chi connectivity index (χ1n) is 7.41. The second kappa shape index (κ2) is 5.48. The van der Waals surface area contributed by atoms with Gasteiger partial charge in [-0.1, -0.05) is 23.4 Å². The SMILES string of the molecule is CC(C)(C)n1cc(CNC2CCOc3ccccc32)nn1. The van der Waals surface area contributed by atoms with Crippen LogP contribution in [0.25, 0.3) is 0 Å². The van der Waals surface area contributed by atoms with E-state index in [0.717, 1.165) is 31.0 Å². The van der Waals surface area contributed by atoms with Crippen LogP contribution in [0.5, 0.6) is 5.75 Å². The van der Waals surface area contributed by atoms with Gasteiger partial charge in [0.1, 0.15) is 5.75 Å². The maximum Gasteiger partial charge on any atom is 0.124 e. The number of hydrogen-bond acceptors (Lipinski definition) is 4. The van der Waals surface area contributed by atoms with Crippen LogP contribution in [0.4, 0.5) is 0 Å². The van der Waals surface area contributed by atoms with Crippen LogP contribution in [0.2, 0.25) is 0 Å². The van der Waals surface area contributed by atoms with E-state index in [-0.39, 0.29) is 5.54 Å². The van der Waals surface area contributed by atoms with Crippen molar-refractivity contribution < 1.29 is 4.74 Å². The lowest BCUT2D eigenvalue weighted by atomic mass is 10.0. The van der Waals surface area contributed by atoms with Crippen molar-refractivity contribution in [2.24, 2.45) is 0 Å². The van der Waals surface area contributed by atoms with Gasteiger partial charge in [-0.05, 0) is 26.8 Å². The molecule has 1 aliphatic rings. The third-order valence-corrected chi connectivity index (χ3v) is 3.72. The minimum atomic E-state index is -0.0312. The molecule has 5 heteroatoms. The van der Waals surface area contributed by atoms with Crippen molar-refractivity contribution in [2.45, 2.75) is 45.3 Å². The first-order chi connectivity index (χ1) is 10.0. The van der Waals surface area contributed by atoms with Gasteiger partial charge in [0, 0.05) is 24.6 Å². The number of nitrogens with one attached hydrogen (secondary N) is 1. The molecule has 0 amide bonds. The Morgan fingerprint density at radius 3 is 2.90 bits per heavy atom. The third-order valence-electron chi connectivity index (χ3n) is 3.72. The summed E-state index contributed by atoms with van der Waals surface area (Å²) in [7, 11) is 0. The third kappa shape index (κ3) is 3.08. The Bertz CT molecular complexity index is 615. The molecule has 1 unspecified atom stereocenters. The van der Waals surface area contributed by atoms with E-state index in [2.05, 4.69) is 48.5 Å². The number of ether oxygens (including phenoxy) is 1. The van der Waals surface area contributed by atoms with Crippen LogP contribution in [-0.4, -0.2) is 21.6 Å². The average Bonchev–Trinajstić information content (AvgIpc) is 2.94. The maximum atomic E-state index is 5.68. The number of benzene rings is 1. The van der Waals surface area contributed by atoms with E-state index in [1.807, 2.05) is 23.0 Å². The minimum absolute atomic E-state index is 0.0312. The van der Waals surface area contributed by atoms with E-state index in [1.54, 1.807) is 0 Å². The molecule has 1 aromatic heterocycles. The van der Waals surface area contributed by atoms with Crippen LogP contribution in [0.15, 0.2) is 30.5 Å². The molecule has 0 spiro atoms. The summed E-state index contributed by atoms with van der Waals surface area (Å²) in [6.07, 6.45) is 2.99. The van der Waals surface area contributed by atoms with Crippen LogP contribution < -0.4 is 10.1 Å². The molecule has 3 rings (SSSR count). The highest BCUT2D eigenvalue weighted by Gasteiger charge is 2.21. The molecule has 0 saturated heterocycles. The highest BCUT2D eigenvalue weighted by atomic mass is 16.5. The van der Waals surface area contributed by atoms with Crippen molar-refractivity contribution in [2.75, 3.05) is 6.61 Å². The molecule has 0 saturated carbocycles. The van der Waals surface area contributed by atoms with Crippen molar-refractivity contribution in [1.29, 1.82) is 0 Å². The van der Waals surface area contributed by atoms with E-state index < -0.39 is 0 Å². The summed E-state index contributed by atoms with van der Waals surface area (Å²) < 4.78 is 7.59. The summed E-state index contributed by atoms with van der Waals surface area (Å²) in [6.45, 7) is 7.83. The Kier molecular flexibility index (Phi) is 3.68. The number of para-hydroxylation sites is 1. The lowest BCUT2D eigenvalue weighted by molar-refractivity contribution is 0.252. The number of aromatic nitrogens is 3. The van der Waals surface area contributed by atoms with Gasteiger partial charge in [0.15, 0.2) is 0 Å². The fraction of sp³-hybridized carbons (Fsp3) is 0.500. The number of nitrogens with zero attached hydrogens (tertiary/aromatic N) is 3. The molecule has 0 bridgehead atoms. The number of rotatable bonds is 3. The quantitative estimate of drug-likeness (QED) is 0.942. The lowest BCUT2D eigenvalue weighted by Crippen LogP contribution is -2.27. The van der Waals surface area contributed by atoms with Crippen molar-refractivity contribution in [3.63, 3.8) is 0 Å². The van der Waals surface area contributed by atoms with Gasteiger partial charge in [-0.3, -0.25) is 0 Å². The van der Waals surface area contributed by atoms with Crippen molar-refractivity contribution in [3.8, 4) is 5.75 Å². The van der Waals surface area contributed by atoms with Gasteiger partial charge in [0.2, 0.25) is 0 Å². The van der Waals surface area contributed by atoms with Crippen LogP contribution in [0.3, 0.4) is 0 Å². The molecular weight excluding hydrogens is 264 g/mol. The smallest absolute Gasteiger partial charge is 0.124 e. The highest BCUT2D eigenvalue weighted by molar-refractivity contribution is 5.37. The van der Waals surface area contributed by atoms with Crippen LogP contribution in [0, 0.1) is 0 Å². The predicted octanol–water partition coefficient (Wildman–Crippen LogP) is 2.65. The van der Waals surface area contributed by atoms with Crippen LogP contribution in [0.1, 0.15) is 44.5 Å². The topological polar surface area (TPSA) is 52.0 Å². The molecule has 1 atom stereocenters. The van der Waals surface area contributed by atoms with Gasteiger partial charge in [-0.25, -0.2) is 4.68 Å². The Balaban J connectivity index is 1.68. The Hall–Kier alpha value is -1.88.